The van der Waals surface area contributed by atoms with E-state index in [4.69, 9.17) is 15.2 Å². The maximum absolute atomic E-state index is 11.7. The molecule has 0 saturated heterocycles. The second-order valence-corrected chi connectivity index (χ2v) is 5.05. The summed E-state index contributed by atoms with van der Waals surface area (Å²) >= 11 is 2.21. The summed E-state index contributed by atoms with van der Waals surface area (Å²) in [6.45, 7) is 0. The Morgan fingerprint density at radius 2 is 1.84 bits per heavy atom. The van der Waals surface area contributed by atoms with Crippen LogP contribution in [0.1, 0.15) is 10.4 Å². The number of anilines is 1. The summed E-state index contributed by atoms with van der Waals surface area (Å²) in [7, 11) is 1.32. The van der Waals surface area contributed by atoms with Gasteiger partial charge in [-0.25, -0.2) is 4.79 Å². The highest BCUT2D eigenvalue weighted by Gasteiger charge is 2.14. The van der Waals surface area contributed by atoms with Crippen LogP contribution in [0, 0.1) is 3.57 Å². The number of benzene rings is 2. The molecule has 0 aliphatic carbocycles. The van der Waals surface area contributed by atoms with Crippen LogP contribution >= 0.6 is 22.6 Å². The predicted octanol–water partition coefficient (Wildman–Crippen LogP) is 3.45. The molecule has 5 heteroatoms. The number of rotatable bonds is 3. The zero-order valence-corrected chi connectivity index (χ0v) is 12.4. The lowest BCUT2D eigenvalue weighted by Crippen LogP contribution is -2.04. The molecule has 2 aromatic carbocycles. The van der Waals surface area contributed by atoms with Gasteiger partial charge in [0.15, 0.2) is 0 Å². The Morgan fingerprint density at radius 1 is 1.16 bits per heavy atom. The highest BCUT2D eigenvalue weighted by molar-refractivity contribution is 14.1. The summed E-state index contributed by atoms with van der Waals surface area (Å²) in [5.74, 6) is 0.588. The molecule has 0 heterocycles. The SMILES string of the molecule is COC(=O)c1cc(N)ccc1Oc1ccc(I)cc1. The van der Waals surface area contributed by atoms with Crippen LogP contribution in [0.15, 0.2) is 42.5 Å². The van der Waals surface area contributed by atoms with Crippen molar-refractivity contribution in [3.05, 3.63) is 51.6 Å². The van der Waals surface area contributed by atoms with Gasteiger partial charge in [-0.3, -0.25) is 0 Å². The lowest BCUT2D eigenvalue weighted by molar-refractivity contribution is 0.0598. The minimum atomic E-state index is -0.479. The van der Waals surface area contributed by atoms with E-state index in [2.05, 4.69) is 22.6 Å². The quantitative estimate of drug-likeness (QED) is 0.512. The van der Waals surface area contributed by atoms with Crippen molar-refractivity contribution in [2.75, 3.05) is 12.8 Å². The summed E-state index contributed by atoms with van der Waals surface area (Å²) in [5.41, 5.74) is 6.46. The summed E-state index contributed by atoms with van der Waals surface area (Å²) in [6.07, 6.45) is 0. The van der Waals surface area contributed by atoms with Crippen LogP contribution in [0.3, 0.4) is 0 Å². The number of ether oxygens (including phenoxy) is 2. The molecule has 0 saturated carbocycles. The number of nitrogen functional groups attached to an aromatic ring is 1. The second kappa shape index (κ2) is 5.92. The summed E-state index contributed by atoms with van der Waals surface area (Å²) in [4.78, 5) is 11.7. The number of hydrogen-bond donors (Lipinski definition) is 1. The monoisotopic (exact) mass is 369 g/mol. The first-order valence-electron chi connectivity index (χ1n) is 5.51. The summed E-state index contributed by atoms with van der Waals surface area (Å²) < 4.78 is 11.5. The number of nitrogens with two attached hydrogens (primary N) is 1. The van der Waals surface area contributed by atoms with E-state index in [9.17, 15) is 4.79 Å². The van der Waals surface area contributed by atoms with Crippen molar-refractivity contribution in [1.29, 1.82) is 0 Å². The Kier molecular flexibility index (Phi) is 4.26. The molecule has 2 aromatic rings. The van der Waals surface area contributed by atoms with Gasteiger partial charge in [-0.15, -0.1) is 0 Å². The molecule has 0 fully saturated rings. The summed E-state index contributed by atoms with van der Waals surface area (Å²) in [6, 6.07) is 12.4. The highest BCUT2D eigenvalue weighted by Crippen LogP contribution is 2.28. The second-order valence-electron chi connectivity index (χ2n) is 3.80. The van der Waals surface area contributed by atoms with Gasteiger partial charge in [0, 0.05) is 9.26 Å². The lowest BCUT2D eigenvalue weighted by atomic mass is 10.2. The maximum Gasteiger partial charge on any atom is 0.341 e. The van der Waals surface area contributed by atoms with E-state index < -0.39 is 5.97 Å². The van der Waals surface area contributed by atoms with Gasteiger partial charge in [0.2, 0.25) is 0 Å². The molecule has 0 spiro atoms. The average Bonchev–Trinajstić information content (AvgIpc) is 2.42. The van der Waals surface area contributed by atoms with Gasteiger partial charge >= 0.3 is 5.97 Å². The first-order chi connectivity index (χ1) is 9.10. The minimum absolute atomic E-state index is 0.307. The molecule has 0 aromatic heterocycles. The number of carbonyl (C=O) groups is 1. The molecule has 0 aliphatic rings. The normalized spacial score (nSPS) is 10.0. The lowest BCUT2D eigenvalue weighted by Gasteiger charge is -2.10. The van der Waals surface area contributed by atoms with Gasteiger partial charge in [0.1, 0.15) is 17.1 Å². The highest BCUT2D eigenvalue weighted by atomic mass is 127. The largest absolute Gasteiger partial charge is 0.465 e. The molecular formula is C14H12INO3. The number of carbonyl (C=O) groups excluding carboxylic acids is 1. The van der Waals surface area contributed by atoms with E-state index in [1.807, 2.05) is 24.3 Å². The Bertz CT molecular complexity index is 596. The molecule has 0 amide bonds. The predicted molar refractivity (Wildman–Crippen MR) is 81.4 cm³/mol. The first-order valence-corrected chi connectivity index (χ1v) is 6.59. The molecule has 19 heavy (non-hydrogen) atoms. The van der Waals surface area contributed by atoms with Crippen molar-refractivity contribution < 1.29 is 14.3 Å². The average molecular weight is 369 g/mol. The number of halogens is 1. The van der Waals surface area contributed by atoms with Crippen LogP contribution in [0.25, 0.3) is 0 Å². The van der Waals surface area contributed by atoms with Crippen LogP contribution < -0.4 is 10.5 Å². The van der Waals surface area contributed by atoms with Crippen LogP contribution in [-0.4, -0.2) is 13.1 Å². The molecule has 4 nitrogen and oxygen atoms in total. The van der Waals surface area contributed by atoms with E-state index >= 15 is 0 Å². The van der Waals surface area contributed by atoms with E-state index in [0.29, 0.717) is 22.7 Å². The summed E-state index contributed by atoms with van der Waals surface area (Å²) in [5, 5.41) is 0. The van der Waals surface area contributed by atoms with Crippen LogP contribution in [0.4, 0.5) is 5.69 Å². The topological polar surface area (TPSA) is 61.5 Å². The molecule has 2 rings (SSSR count). The third kappa shape index (κ3) is 3.37. The van der Waals surface area contributed by atoms with Crippen molar-refractivity contribution in [3.63, 3.8) is 0 Å². The van der Waals surface area contributed by atoms with Crippen molar-refractivity contribution >= 4 is 34.2 Å². The van der Waals surface area contributed by atoms with Gasteiger partial charge in [-0.05, 0) is 65.1 Å². The van der Waals surface area contributed by atoms with Gasteiger partial charge in [-0.2, -0.15) is 0 Å². The van der Waals surface area contributed by atoms with Crippen LogP contribution in [0.2, 0.25) is 0 Å². The molecular weight excluding hydrogens is 357 g/mol. The standard InChI is InChI=1S/C14H12INO3/c1-18-14(17)12-8-10(16)4-7-13(12)19-11-5-2-9(15)3-6-11/h2-8H,16H2,1H3. The molecule has 0 unspecified atom stereocenters. The third-order valence-electron chi connectivity index (χ3n) is 2.45. The number of hydrogen-bond acceptors (Lipinski definition) is 4. The van der Waals surface area contributed by atoms with Crippen molar-refractivity contribution in [2.24, 2.45) is 0 Å². The van der Waals surface area contributed by atoms with E-state index in [-0.39, 0.29) is 0 Å². The Morgan fingerprint density at radius 3 is 2.47 bits per heavy atom. The maximum atomic E-state index is 11.7. The first kappa shape index (κ1) is 13.7. The molecule has 0 radical (unpaired) electrons. The van der Waals surface area contributed by atoms with Gasteiger partial charge in [0.25, 0.3) is 0 Å². The van der Waals surface area contributed by atoms with E-state index in [1.165, 1.54) is 13.2 Å². The van der Waals surface area contributed by atoms with Gasteiger partial charge < -0.3 is 15.2 Å². The van der Waals surface area contributed by atoms with Crippen LogP contribution in [-0.2, 0) is 4.74 Å². The zero-order valence-electron chi connectivity index (χ0n) is 10.2. The zero-order chi connectivity index (χ0) is 13.8. The Labute approximate surface area is 124 Å². The van der Waals surface area contributed by atoms with E-state index in [1.54, 1.807) is 12.1 Å². The Hall–Kier alpha value is -1.76. The Balaban J connectivity index is 2.34. The number of esters is 1. The van der Waals surface area contributed by atoms with Crippen molar-refractivity contribution in [1.82, 2.24) is 0 Å². The third-order valence-corrected chi connectivity index (χ3v) is 3.17. The molecule has 0 aliphatic heterocycles. The molecule has 0 bridgehead atoms. The fourth-order valence-electron chi connectivity index (χ4n) is 1.54. The van der Waals surface area contributed by atoms with Crippen LogP contribution in [0.5, 0.6) is 11.5 Å². The molecule has 0 atom stereocenters. The fraction of sp³-hybridized carbons (Fsp3) is 0.0714. The molecule has 2 N–H and O–H groups in total. The number of methoxy groups -OCH3 is 1. The van der Waals surface area contributed by atoms with Crippen molar-refractivity contribution in [2.45, 2.75) is 0 Å². The minimum Gasteiger partial charge on any atom is -0.465 e. The van der Waals surface area contributed by atoms with Gasteiger partial charge in [0.05, 0.1) is 7.11 Å². The van der Waals surface area contributed by atoms with E-state index in [0.717, 1.165) is 3.57 Å². The fourth-order valence-corrected chi connectivity index (χ4v) is 1.90. The van der Waals surface area contributed by atoms with Gasteiger partial charge in [-0.1, -0.05) is 0 Å². The van der Waals surface area contributed by atoms with Crippen molar-refractivity contribution in [3.8, 4) is 11.5 Å². The molecule has 98 valence electrons. The smallest absolute Gasteiger partial charge is 0.341 e.